The first-order valence-electron chi connectivity index (χ1n) is 7.38. The van der Waals surface area contributed by atoms with Gasteiger partial charge in [-0.3, -0.25) is 0 Å². The van der Waals surface area contributed by atoms with Gasteiger partial charge in [-0.2, -0.15) is 5.10 Å². The fourth-order valence-electron chi connectivity index (χ4n) is 2.69. The van der Waals surface area contributed by atoms with E-state index in [1.807, 2.05) is 0 Å². The molecule has 1 aromatic heterocycles. The molecule has 0 aliphatic carbocycles. The molecule has 5 nitrogen and oxygen atoms in total. The van der Waals surface area contributed by atoms with Gasteiger partial charge < -0.3 is 10.6 Å². The topological polar surface area (TPSA) is 67.9 Å². The molecule has 2 rings (SSSR count). The van der Waals surface area contributed by atoms with Gasteiger partial charge in [0, 0.05) is 19.1 Å². The third-order valence-electron chi connectivity index (χ3n) is 4.06. The normalized spacial score (nSPS) is 18.6. The number of piperidine rings is 1. The summed E-state index contributed by atoms with van der Waals surface area (Å²) in [5, 5.41) is 8.60. The number of anilines is 1. The molecular formula is C14H25N5. The van der Waals surface area contributed by atoms with Crippen LogP contribution in [0.3, 0.4) is 0 Å². The molecule has 0 amide bonds. The molecule has 5 heteroatoms. The third-order valence-corrected chi connectivity index (χ3v) is 4.06. The van der Waals surface area contributed by atoms with Gasteiger partial charge in [0.25, 0.3) is 0 Å². The number of nitrogens with zero attached hydrogens (tertiary/aromatic N) is 4. The third kappa shape index (κ3) is 3.21. The van der Waals surface area contributed by atoms with E-state index in [0.29, 0.717) is 5.92 Å². The number of aromatic nitrogens is 3. The summed E-state index contributed by atoms with van der Waals surface area (Å²) in [5.74, 6) is 1.42. The minimum absolute atomic E-state index is 0.287. The zero-order valence-corrected chi connectivity index (χ0v) is 12.3. The van der Waals surface area contributed by atoms with Crippen LogP contribution in [0.5, 0.6) is 0 Å². The molecule has 1 aliphatic rings. The molecule has 0 spiro atoms. The van der Waals surface area contributed by atoms with Gasteiger partial charge >= 0.3 is 0 Å². The Morgan fingerprint density at radius 3 is 2.32 bits per heavy atom. The number of nitrogens with two attached hydrogens (primary N) is 1. The van der Waals surface area contributed by atoms with Crippen molar-refractivity contribution in [3.8, 4) is 0 Å². The standard InChI is InChI=1S/C14H25N5/c1-4-12-13(5-2)17-18-14(16-12)19-8-6-11(7-9-19)10(3)15/h10-11H,4-9,15H2,1-3H3. The van der Waals surface area contributed by atoms with Crippen LogP contribution in [-0.2, 0) is 12.8 Å². The SMILES string of the molecule is CCc1nnc(N2CCC(C(C)N)CC2)nc1CC. The molecule has 2 heterocycles. The molecule has 1 fully saturated rings. The van der Waals surface area contributed by atoms with E-state index < -0.39 is 0 Å². The predicted octanol–water partition coefficient (Wildman–Crippen LogP) is 1.56. The van der Waals surface area contributed by atoms with E-state index >= 15 is 0 Å². The number of aryl methyl sites for hydroxylation is 2. The summed E-state index contributed by atoms with van der Waals surface area (Å²) in [4.78, 5) is 6.92. The molecule has 0 saturated carbocycles. The van der Waals surface area contributed by atoms with Crippen molar-refractivity contribution in [1.29, 1.82) is 0 Å². The molecule has 1 saturated heterocycles. The van der Waals surface area contributed by atoms with Gasteiger partial charge in [0.1, 0.15) is 0 Å². The maximum Gasteiger partial charge on any atom is 0.245 e. The van der Waals surface area contributed by atoms with Gasteiger partial charge in [-0.15, -0.1) is 5.10 Å². The summed E-state index contributed by atoms with van der Waals surface area (Å²) in [7, 11) is 0. The summed E-state index contributed by atoms with van der Waals surface area (Å²) in [5.41, 5.74) is 8.08. The minimum Gasteiger partial charge on any atom is -0.339 e. The van der Waals surface area contributed by atoms with Crippen LogP contribution in [0.4, 0.5) is 5.95 Å². The molecule has 1 atom stereocenters. The lowest BCUT2D eigenvalue weighted by atomic mass is 9.91. The Hall–Kier alpha value is -1.23. The van der Waals surface area contributed by atoms with Gasteiger partial charge in [-0.05, 0) is 38.5 Å². The maximum atomic E-state index is 5.97. The Bertz CT molecular complexity index is 410. The Labute approximate surface area is 115 Å². The lowest BCUT2D eigenvalue weighted by Crippen LogP contribution is -2.40. The predicted molar refractivity (Wildman–Crippen MR) is 77.2 cm³/mol. The van der Waals surface area contributed by atoms with E-state index in [2.05, 4.69) is 40.9 Å². The van der Waals surface area contributed by atoms with Crippen molar-refractivity contribution < 1.29 is 0 Å². The molecule has 0 aromatic carbocycles. The lowest BCUT2D eigenvalue weighted by molar-refractivity contribution is 0.352. The number of rotatable bonds is 4. The van der Waals surface area contributed by atoms with Crippen LogP contribution in [0.2, 0.25) is 0 Å². The highest BCUT2D eigenvalue weighted by atomic mass is 15.3. The molecule has 1 unspecified atom stereocenters. The van der Waals surface area contributed by atoms with Crippen LogP contribution in [0.25, 0.3) is 0 Å². The average Bonchev–Trinajstić information content (AvgIpc) is 2.46. The van der Waals surface area contributed by atoms with Gasteiger partial charge in [0.15, 0.2) is 0 Å². The highest BCUT2D eigenvalue weighted by Crippen LogP contribution is 2.22. The van der Waals surface area contributed by atoms with Crippen molar-refractivity contribution in [2.45, 2.75) is 52.5 Å². The van der Waals surface area contributed by atoms with Gasteiger partial charge in [-0.1, -0.05) is 13.8 Å². The first-order chi connectivity index (χ1) is 9.15. The summed E-state index contributed by atoms with van der Waals surface area (Å²) in [6.45, 7) is 8.29. The molecule has 1 aliphatic heterocycles. The highest BCUT2D eigenvalue weighted by molar-refractivity contribution is 5.31. The Morgan fingerprint density at radius 1 is 1.16 bits per heavy atom. The van der Waals surface area contributed by atoms with Crippen LogP contribution >= 0.6 is 0 Å². The summed E-state index contributed by atoms with van der Waals surface area (Å²) in [6.07, 6.45) is 4.06. The van der Waals surface area contributed by atoms with Crippen molar-refractivity contribution in [3.63, 3.8) is 0 Å². The summed E-state index contributed by atoms with van der Waals surface area (Å²) in [6, 6.07) is 0.287. The van der Waals surface area contributed by atoms with Crippen molar-refractivity contribution in [2.75, 3.05) is 18.0 Å². The van der Waals surface area contributed by atoms with E-state index in [0.717, 1.165) is 56.1 Å². The molecule has 19 heavy (non-hydrogen) atoms. The molecule has 0 radical (unpaired) electrons. The Balaban J connectivity index is 2.07. The lowest BCUT2D eigenvalue weighted by Gasteiger charge is -2.33. The molecule has 2 N–H and O–H groups in total. The monoisotopic (exact) mass is 263 g/mol. The molecule has 106 valence electrons. The zero-order chi connectivity index (χ0) is 13.8. The van der Waals surface area contributed by atoms with Crippen molar-refractivity contribution >= 4 is 5.95 Å². The summed E-state index contributed by atoms with van der Waals surface area (Å²) < 4.78 is 0. The average molecular weight is 263 g/mol. The number of hydrogen-bond acceptors (Lipinski definition) is 5. The van der Waals surface area contributed by atoms with Crippen molar-refractivity contribution in [3.05, 3.63) is 11.4 Å². The van der Waals surface area contributed by atoms with Crippen molar-refractivity contribution in [2.24, 2.45) is 11.7 Å². The molecular weight excluding hydrogens is 238 g/mol. The van der Waals surface area contributed by atoms with E-state index in [4.69, 9.17) is 5.73 Å². The fraction of sp³-hybridized carbons (Fsp3) is 0.786. The van der Waals surface area contributed by atoms with Crippen LogP contribution in [0, 0.1) is 5.92 Å². The van der Waals surface area contributed by atoms with Gasteiger partial charge in [0.2, 0.25) is 5.95 Å². The zero-order valence-electron chi connectivity index (χ0n) is 12.3. The highest BCUT2D eigenvalue weighted by Gasteiger charge is 2.23. The van der Waals surface area contributed by atoms with E-state index in [1.54, 1.807) is 0 Å². The Kier molecular flexibility index (Phi) is 4.69. The van der Waals surface area contributed by atoms with Gasteiger partial charge in [-0.25, -0.2) is 4.98 Å². The van der Waals surface area contributed by atoms with Crippen LogP contribution < -0.4 is 10.6 Å². The smallest absolute Gasteiger partial charge is 0.245 e. The largest absolute Gasteiger partial charge is 0.339 e. The quantitative estimate of drug-likeness (QED) is 0.893. The molecule has 1 aromatic rings. The van der Waals surface area contributed by atoms with E-state index in [9.17, 15) is 0 Å². The fourth-order valence-corrected chi connectivity index (χ4v) is 2.69. The first-order valence-corrected chi connectivity index (χ1v) is 7.38. The second-order valence-corrected chi connectivity index (χ2v) is 5.40. The minimum atomic E-state index is 0.287. The van der Waals surface area contributed by atoms with Crippen molar-refractivity contribution in [1.82, 2.24) is 15.2 Å². The summed E-state index contributed by atoms with van der Waals surface area (Å²) >= 11 is 0. The van der Waals surface area contributed by atoms with Crippen LogP contribution in [0.15, 0.2) is 0 Å². The van der Waals surface area contributed by atoms with Gasteiger partial charge in [0.05, 0.1) is 11.4 Å². The van der Waals surface area contributed by atoms with Crippen LogP contribution in [0.1, 0.15) is 45.0 Å². The maximum absolute atomic E-state index is 5.97. The van der Waals surface area contributed by atoms with E-state index in [-0.39, 0.29) is 6.04 Å². The van der Waals surface area contributed by atoms with E-state index in [1.165, 1.54) is 0 Å². The Morgan fingerprint density at radius 2 is 1.79 bits per heavy atom. The number of hydrogen-bond donors (Lipinski definition) is 1. The molecule has 0 bridgehead atoms. The second kappa shape index (κ2) is 6.28. The van der Waals surface area contributed by atoms with Crippen LogP contribution in [-0.4, -0.2) is 34.3 Å². The first kappa shape index (κ1) is 14.2. The second-order valence-electron chi connectivity index (χ2n) is 5.40.